The molecule has 0 saturated carbocycles. The summed E-state index contributed by atoms with van der Waals surface area (Å²) in [5.74, 6) is -0.518. The lowest BCUT2D eigenvalue weighted by molar-refractivity contribution is -0.125. The summed E-state index contributed by atoms with van der Waals surface area (Å²) in [6.07, 6.45) is 2.61. The Kier molecular flexibility index (Phi) is 3.36. The van der Waals surface area contributed by atoms with E-state index >= 15 is 0 Å². The molecule has 2 rings (SSSR count). The van der Waals surface area contributed by atoms with Crippen molar-refractivity contribution in [1.82, 2.24) is 0 Å². The number of amides is 1. The van der Waals surface area contributed by atoms with Gasteiger partial charge in [-0.25, -0.2) is 0 Å². The van der Waals surface area contributed by atoms with Crippen molar-refractivity contribution < 1.29 is 14.1 Å². The smallest absolute Gasteiger partial charge is 0.399 e. The third kappa shape index (κ3) is 2.19. The van der Waals surface area contributed by atoms with Crippen LogP contribution in [0.3, 0.4) is 0 Å². The normalized spacial score (nSPS) is 35.0. The van der Waals surface area contributed by atoms with Gasteiger partial charge in [-0.1, -0.05) is 6.08 Å². The molecule has 0 bridgehead atoms. The minimum atomic E-state index is -1.03. The highest BCUT2D eigenvalue weighted by atomic mass is 16.7. The lowest BCUT2D eigenvalue weighted by Gasteiger charge is -2.32. The molecule has 6 nitrogen and oxygen atoms in total. The van der Waals surface area contributed by atoms with Crippen LogP contribution < -0.4 is 11.5 Å². The highest BCUT2D eigenvalue weighted by molar-refractivity contribution is 6.60. The van der Waals surface area contributed by atoms with E-state index in [1.54, 1.807) is 19.2 Å². The number of primary amides is 1. The van der Waals surface area contributed by atoms with Crippen molar-refractivity contribution in [3.05, 3.63) is 11.5 Å². The SMILES string of the molecule is CC1(C(N)=O)C=C(B2OC(C)(C)C(C)(C)O2)C=NC1N. The molecule has 110 valence electrons. The predicted octanol–water partition coefficient (Wildman–Crippen LogP) is 0.405. The van der Waals surface area contributed by atoms with Crippen LogP contribution in [0.1, 0.15) is 34.6 Å². The van der Waals surface area contributed by atoms with E-state index in [9.17, 15) is 4.79 Å². The van der Waals surface area contributed by atoms with Gasteiger partial charge in [0.15, 0.2) is 0 Å². The molecule has 0 aromatic heterocycles. The summed E-state index contributed by atoms with van der Waals surface area (Å²) in [4.78, 5) is 15.8. The van der Waals surface area contributed by atoms with Gasteiger partial charge in [-0.2, -0.15) is 0 Å². The van der Waals surface area contributed by atoms with E-state index in [1.165, 1.54) is 0 Å². The highest BCUT2D eigenvalue weighted by Gasteiger charge is 2.53. The Labute approximate surface area is 119 Å². The third-order valence-corrected chi connectivity index (χ3v) is 4.52. The van der Waals surface area contributed by atoms with Crippen molar-refractivity contribution in [1.29, 1.82) is 0 Å². The van der Waals surface area contributed by atoms with Crippen LogP contribution in [0.4, 0.5) is 0 Å². The molecule has 1 saturated heterocycles. The van der Waals surface area contributed by atoms with Crippen LogP contribution >= 0.6 is 0 Å². The van der Waals surface area contributed by atoms with Crippen molar-refractivity contribution in [2.75, 3.05) is 0 Å². The number of carbonyl (C=O) groups is 1. The number of carbonyl (C=O) groups excluding carboxylic acids is 1. The minimum absolute atomic E-state index is 0.449. The van der Waals surface area contributed by atoms with Gasteiger partial charge in [0.1, 0.15) is 6.17 Å². The van der Waals surface area contributed by atoms with Gasteiger partial charge in [0.25, 0.3) is 0 Å². The Balaban J connectivity index is 2.32. The van der Waals surface area contributed by atoms with Gasteiger partial charge in [-0.15, -0.1) is 0 Å². The fraction of sp³-hybridized carbons (Fsp3) is 0.692. The van der Waals surface area contributed by atoms with Crippen LogP contribution in [0.15, 0.2) is 16.5 Å². The first-order valence-electron chi connectivity index (χ1n) is 6.67. The Morgan fingerprint density at radius 3 is 2.20 bits per heavy atom. The van der Waals surface area contributed by atoms with Crippen LogP contribution in [0, 0.1) is 5.41 Å². The summed E-state index contributed by atoms with van der Waals surface area (Å²) in [5.41, 5.74) is 10.0. The zero-order valence-corrected chi connectivity index (χ0v) is 12.6. The Morgan fingerprint density at radius 2 is 1.75 bits per heavy atom. The first-order valence-corrected chi connectivity index (χ1v) is 6.67. The largest absolute Gasteiger partial charge is 0.496 e. The van der Waals surface area contributed by atoms with Gasteiger partial charge in [0, 0.05) is 6.21 Å². The molecule has 4 N–H and O–H groups in total. The average molecular weight is 279 g/mol. The van der Waals surface area contributed by atoms with Gasteiger partial charge in [0.2, 0.25) is 5.91 Å². The predicted molar refractivity (Wildman–Crippen MR) is 77.9 cm³/mol. The van der Waals surface area contributed by atoms with Crippen molar-refractivity contribution >= 4 is 19.2 Å². The standard InChI is InChI=1S/C13H22BN3O3/c1-11(2)12(3,4)20-14(19-11)8-6-13(5,10(16)18)9(15)17-7-8/h6-7,9H,15H2,1-5H3,(H2,16,18). The molecule has 0 radical (unpaired) electrons. The molecule has 2 aliphatic heterocycles. The monoisotopic (exact) mass is 279 g/mol. The summed E-state index contributed by atoms with van der Waals surface area (Å²) in [7, 11) is -0.574. The van der Waals surface area contributed by atoms with Crippen LogP contribution in [-0.2, 0) is 14.1 Å². The first kappa shape index (κ1) is 15.2. The van der Waals surface area contributed by atoms with E-state index in [-0.39, 0.29) is 0 Å². The maximum Gasteiger partial charge on any atom is 0.496 e. The molecule has 2 unspecified atom stereocenters. The van der Waals surface area contributed by atoms with E-state index in [4.69, 9.17) is 20.8 Å². The second-order valence-corrected chi connectivity index (χ2v) is 6.60. The molecule has 1 fully saturated rings. The number of hydrogen-bond donors (Lipinski definition) is 2. The lowest BCUT2D eigenvalue weighted by Crippen LogP contribution is -2.49. The summed E-state index contributed by atoms with van der Waals surface area (Å²) < 4.78 is 11.9. The van der Waals surface area contributed by atoms with Crippen LogP contribution in [0.25, 0.3) is 0 Å². The molecule has 2 atom stereocenters. The first-order chi connectivity index (χ1) is 8.99. The summed E-state index contributed by atoms with van der Waals surface area (Å²) in [5, 5.41) is 0. The number of allylic oxidation sites excluding steroid dienone is 1. The number of aliphatic imine (C=N–C) groups is 1. The average Bonchev–Trinajstić information content (AvgIpc) is 2.52. The molecule has 1 amide bonds. The maximum atomic E-state index is 11.6. The van der Waals surface area contributed by atoms with Crippen molar-refractivity contribution in [3.8, 4) is 0 Å². The highest BCUT2D eigenvalue weighted by Crippen LogP contribution is 2.39. The van der Waals surface area contributed by atoms with Gasteiger partial charge in [-0.05, 0) is 40.1 Å². The van der Waals surface area contributed by atoms with Gasteiger partial charge < -0.3 is 20.8 Å². The Morgan fingerprint density at radius 1 is 1.25 bits per heavy atom. The van der Waals surface area contributed by atoms with E-state index in [2.05, 4.69) is 4.99 Å². The minimum Gasteiger partial charge on any atom is -0.399 e. The summed E-state index contributed by atoms with van der Waals surface area (Å²) in [6.45, 7) is 9.53. The maximum absolute atomic E-state index is 11.6. The van der Waals surface area contributed by atoms with E-state index in [1.807, 2.05) is 27.7 Å². The number of nitrogens with two attached hydrogens (primary N) is 2. The second kappa shape index (κ2) is 4.41. The van der Waals surface area contributed by atoms with Crippen LogP contribution in [0.2, 0.25) is 0 Å². The Hall–Kier alpha value is -1.18. The molecule has 0 aromatic carbocycles. The van der Waals surface area contributed by atoms with Crippen molar-refractivity contribution in [2.24, 2.45) is 21.9 Å². The molecule has 0 spiro atoms. The number of rotatable bonds is 2. The number of dihydropyridines is 1. The quantitative estimate of drug-likeness (QED) is 0.715. The zero-order valence-electron chi connectivity index (χ0n) is 12.6. The van der Waals surface area contributed by atoms with Crippen LogP contribution in [-0.4, -0.2) is 36.6 Å². The number of nitrogens with zero attached hydrogens (tertiary/aromatic N) is 1. The van der Waals surface area contributed by atoms with E-state index in [0.29, 0.717) is 5.47 Å². The summed E-state index contributed by atoms with van der Waals surface area (Å²) >= 11 is 0. The molecule has 2 aliphatic rings. The molecule has 0 aromatic rings. The molecule has 20 heavy (non-hydrogen) atoms. The number of hydrogen-bond acceptors (Lipinski definition) is 5. The fourth-order valence-electron chi connectivity index (χ4n) is 2.12. The lowest BCUT2D eigenvalue weighted by atomic mass is 9.71. The van der Waals surface area contributed by atoms with Crippen molar-refractivity contribution in [3.63, 3.8) is 0 Å². The van der Waals surface area contributed by atoms with E-state index < -0.39 is 35.8 Å². The molecular formula is C13H22BN3O3. The molecule has 2 heterocycles. The van der Waals surface area contributed by atoms with Gasteiger partial charge in [0.05, 0.1) is 16.6 Å². The van der Waals surface area contributed by atoms with Gasteiger partial charge in [-0.3, -0.25) is 9.79 Å². The summed E-state index contributed by atoms with van der Waals surface area (Å²) in [6, 6.07) is 0. The van der Waals surface area contributed by atoms with Crippen LogP contribution in [0.5, 0.6) is 0 Å². The molecular weight excluding hydrogens is 257 g/mol. The third-order valence-electron chi connectivity index (χ3n) is 4.52. The van der Waals surface area contributed by atoms with Gasteiger partial charge >= 0.3 is 7.12 Å². The Bertz CT molecular complexity index is 485. The zero-order chi connectivity index (χ0) is 15.3. The van der Waals surface area contributed by atoms with Crippen molar-refractivity contribution in [2.45, 2.75) is 52.0 Å². The molecule has 0 aliphatic carbocycles. The van der Waals surface area contributed by atoms with E-state index in [0.717, 1.165) is 0 Å². The topological polar surface area (TPSA) is 99.9 Å². The molecule has 7 heteroatoms. The fourth-order valence-corrected chi connectivity index (χ4v) is 2.12. The second-order valence-electron chi connectivity index (χ2n) is 6.60.